The number of methoxy groups -OCH3 is 1. The van der Waals surface area contributed by atoms with Crippen molar-refractivity contribution >= 4 is 17.8 Å². The fourth-order valence-electron chi connectivity index (χ4n) is 3.39. The number of amides is 2. The van der Waals surface area contributed by atoms with Crippen molar-refractivity contribution < 1.29 is 24.2 Å². The van der Waals surface area contributed by atoms with Gasteiger partial charge in [-0.3, -0.25) is 14.4 Å². The second-order valence-electron chi connectivity index (χ2n) is 7.16. The average molecular weight is 376 g/mol. The highest BCUT2D eigenvalue weighted by molar-refractivity contribution is 5.85. The fraction of sp³-hybridized carbons (Fsp3) is 0.550. The number of carboxylic acid groups (broad SMARTS) is 1. The van der Waals surface area contributed by atoms with Crippen LogP contribution in [0, 0.1) is 0 Å². The molecule has 1 aromatic carbocycles. The normalized spacial score (nSPS) is 17.4. The summed E-state index contributed by atoms with van der Waals surface area (Å²) in [5.74, 6) is -0.832. The first-order chi connectivity index (χ1) is 12.8. The van der Waals surface area contributed by atoms with E-state index in [2.05, 4.69) is 5.32 Å². The minimum atomic E-state index is -1.11. The molecule has 1 atom stereocenters. The van der Waals surface area contributed by atoms with Crippen molar-refractivity contribution in [2.75, 3.05) is 20.2 Å². The fourth-order valence-corrected chi connectivity index (χ4v) is 3.39. The summed E-state index contributed by atoms with van der Waals surface area (Å²) < 4.78 is 5.21. The van der Waals surface area contributed by atoms with Gasteiger partial charge < -0.3 is 20.1 Å². The van der Waals surface area contributed by atoms with E-state index in [1.807, 2.05) is 0 Å². The SMILES string of the molecule is COc1cccc(C(C)(CC(=O)O)NC(=O)CN2CCCCCCC2=O)c1. The lowest BCUT2D eigenvalue weighted by molar-refractivity contribution is -0.140. The van der Waals surface area contributed by atoms with Crippen LogP contribution < -0.4 is 10.1 Å². The molecule has 0 bridgehead atoms. The molecule has 1 aliphatic heterocycles. The van der Waals surface area contributed by atoms with E-state index < -0.39 is 11.5 Å². The number of rotatable bonds is 7. The minimum Gasteiger partial charge on any atom is -0.497 e. The zero-order valence-corrected chi connectivity index (χ0v) is 16.0. The third-order valence-corrected chi connectivity index (χ3v) is 4.88. The highest BCUT2D eigenvalue weighted by atomic mass is 16.5. The second-order valence-corrected chi connectivity index (χ2v) is 7.16. The molecule has 2 rings (SSSR count). The van der Waals surface area contributed by atoms with Crippen molar-refractivity contribution in [3.63, 3.8) is 0 Å². The number of ether oxygens (including phenoxy) is 1. The molecule has 7 heteroatoms. The number of likely N-dealkylation sites (tertiary alicyclic amines) is 1. The molecule has 0 saturated carbocycles. The van der Waals surface area contributed by atoms with Gasteiger partial charge in [0.25, 0.3) is 0 Å². The maximum Gasteiger partial charge on any atom is 0.306 e. The van der Waals surface area contributed by atoms with Crippen molar-refractivity contribution in [3.8, 4) is 5.75 Å². The second kappa shape index (κ2) is 9.39. The highest BCUT2D eigenvalue weighted by Gasteiger charge is 2.32. The van der Waals surface area contributed by atoms with Gasteiger partial charge in [-0.25, -0.2) is 0 Å². The predicted octanol–water partition coefficient (Wildman–Crippen LogP) is 2.29. The number of aliphatic carboxylic acids is 1. The number of hydrogen-bond acceptors (Lipinski definition) is 4. The van der Waals surface area contributed by atoms with Crippen molar-refractivity contribution in [1.29, 1.82) is 0 Å². The number of nitrogens with zero attached hydrogens (tertiary/aromatic N) is 1. The van der Waals surface area contributed by atoms with E-state index in [0.717, 1.165) is 25.7 Å². The van der Waals surface area contributed by atoms with E-state index in [0.29, 0.717) is 24.3 Å². The van der Waals surface area contributed by atoms with Crippen molar-refractivity contribution in [2.24, 2.45) is 0 Å². The van der Waals surface area contributed by atoms with Gasteiger partial charge in [0.2, 0.25) is 11.8 Å². The Morgan fingerprint density at radius 2 is 2.00 bits per heavy atom. The van der Waals surface area contributed by atoms with Crippen LogP contribution in [0.1, 0.15) is 51.0 Å². The van der Waals surface area contributed by atoms with Gasteiger partial charge in [0.05, 0.1) is 25.6 Å². The maximum atomic E-state index is 12.7. The topological polar surface area (TPSA) is 95.9 Å². The number of carboxylic acids is 1. The molecule has 1 saturated heterocycles. The van der Waals surface area contributed by atoms with Gasteiger partial charge in [-0.1, -0.05) is 25.0 Å². The molecule has 148 valence electrons. The van der Waals surface area contributed by atoms with Gasteiger partial charge in [-0.05, 0) is 37.5 Å². The summed E-state index contributed by atoms with van der Waals surface area (Å²) in [7, 11) is 1.53. The van der Waals surface area contributed by atoms with Crippen LogP contribution in [0.25, 0.3) is 0 Å². The van der Waals surface area contributed by atoms with Crippen LogP contribution in [-0.2, 0) is 19.9 Å². The molecular formula is C20H28N2O5. The van der Waals surface area contributed by atoms with Crippen LogP contribution in [0.2, 0.25) is 0 Å². The third-order valence-electron chi connectivity index (χ3n) is 4.88. The van der Waals surface area contributed by atoms with Gasteiger partial charge in [0.15, 0.2) is 0 Å². The lowest BCUT2D eigenvalue weighted by Crippen LogP contribution is -2.50. The Bertz CT molecular complexity index is 691. The minimum absolute atomic E-state index is 0.0221. The molecule has 1 aliphatic rings. The smallest absolute Gasteiger partial charge is 0.306 e. The Labute approximate surface area is 159 Å². The molecule has 0 radical (unpaired) electrons. The van der Waals surface area contributed by atoms with E-state index in [9.17, 15) is 19.5 Å². The molecule has 2 N–H and O–H groups in total. The van der Waals surface area contributed by atoms with Crippen LogP contribution in [0.3, 0.4) is 0 Å². The predicted molar refractivity (Wildman–Crippen MR) is 100 cm³/mol. The average Bonchev–Trinajstić information content (AvgIpc) is 2.60. The molecule has 0 aromatic heterocycles. The van der Waals surface area contributed by atoms with Crippen LogP contribution in [0.15, 0.2) is 24.3 Å². The van der Waals surface area contributed by atoms with E-state index in [1.165, 1.54) is 7.11 Å². The first-order valence-electron chi connectivity index (χ1n) is 9.29. The van der Waals surface area contributed by atoms with Gasteiger partial charge in [0, 0.05) is 13.0 Å². The monoisotopic (exact) mass is 376 g/mol. The quantitative estimate of drug-likeness (QED) is 0.761. The van der Waals surface area contributed by atoms with E-state index in [1.54, 1.807) is 36.1 Å². The van der Waals surface area contributed by atoms with Crippen LogP contribution in [-0.4, -0.2) is 48.0 Å². The Morgan fingerprint density at radius 3 is 2.70 bits per heavy atom. The molecule has 7 nitrogen and oxygen atoms in total. The molecule has 1 fully saturated rings. The summed E-state index contributed by atoms with van der Waals surface area (Å²) in [4.78, 5) is 37.9. The molecule has 1 aromatic rings. The van der Waals surface area contributed by atoms with E-state index >= 15 is 0 Å². The molecule has 1 unspecified atom stereocenters. The molecule has 2 amide bonds. The first-order valence-corrected chi connectivity index (χ1v) is 9.29. The summed E-state index contributed by atoms with van der Waals surface area (Å²) >= 11 is 0. The Hall–Kier alpha value is -2.57. The zero-order valence-electron chi connectivity index (χ0n) is 16.0. The van der Waals surface area contributed by atoms with E-state index in [-0.39, 0.29) is 24.8 Å². The Balaban J connectivity index is 2.15. The summed E-state index contributed by atoms with van der Waals surface area (Å²) in [6.07, 6.45) is 3.98. The standard InChI is InChI=1S/C20H28N2O5/c1-20(13-19(25)26,15-8-7-9-16(12-15)27-2)21-17(23)14-22-11-6-4-3-5-10-18(22)24/h7-9,12H,3-6,10-11,13-14H2,1-2H3,(H,21,23)(H,25,26). The van der Waals surface area contributed by atoms with Crippen molar-refractivity contribution in [1.82, 2.24) is 10.2 Å². The summed E-state index contributed by atoms with van der Waals surface area (Å²) in [5, 5.41) is 12.2. The van der Waals surface area contributed by atoms with Crippen molar-refractivity contribution in [3.05, 3.63) is 29.8 Å². The van der Waals surface area contributed by atoms with E-state index in [4.69, 9.17) is 4.74 Å². The van der Waals surface area contributed by atoms with Crippen molar-refractivity contribution in [2.45, 2.75) is 51.0 Å². The number of carbonyl (C=O) groups is 3. The lowest BCUT2D eigenvalue weighted by Gasteiger charge is -2.32. The van der Waals surface area contributed by atoms with Gasteiger partial charge >= 0.3 is 5.97 Å². The molecule has 0 spiro atoms. The van der Waals surface area contributed by atoms with Gasteiger partial charge in [0.1, 0.15) is 5.75 Å². The Kier molecular flexibility index (Phi) is 7.21. The molecule has 27 heavy (non-hydrogen) atoms. The number of carbonyl (C=O) groups excluding carboxylic acids is 2. The van der Waals surface area contributed by atoms with Gasteiger partial charge in [-0.15, -0.1) is 0 Å². The van der Waals surface area contributed by atoms with Crippen LogP contribution in [0.4, 0.5) is 0 Å². The Morgan fingerprint density at radius 1 is 1.26 bits per heavy atom. The third kappa shape index (κ3) is 5.98. The maximum absolute atomic E-state index is 12.7. The molecule has 0 aliphatic carbocycles. The highest BCUT2D eigenvalue weighted by Crippen LogP contribution is 2.28. The van der Waals surface area contributed by atoms with Gasteiger partial charge in [-0.2, -0.15) is 0 Å². The lowest BCUT2D eigenvalue weighted by atomic mass is 9.88. The largest absolute Gasteiger partial charge is 0.497 e. The number of hydrogen-bond donors (Lipinski definition) is 2. The summed E-state index contributed by atoms with van der Waals surface area (Å²) in [5.41, 5.74) is -0.472. The summed E-state index contributed by atoms with van der Waals surface area (Å²) in [6.45, 7) is 2.17. The summed E-state index contributed by atoms with van der Waals surface area (Å²) in [6, 6.07) is 6.98. The molecule has 1 heterocycles. The first kappa shape index (κ1) is 20.7. The zero-order chi connectivity index (χ0) is 19.9. The van der Waals surface area contributed by atoms with Crippen LogP contribution in [0.5, 0.6) is 5.75 Å². The molecular weight excluding hydrogens is 348 g/mol. The number of benzene rings is 1. The number of nitrogens with one attached hydrogen (secondary N) is 1. The van der Waals surface area contributed by atoms with Crippen LogP contribution >= 0.6 is 0 Å².